The minimum absolute atomic E-state index is 0.0700. The predicted molar refractivity (Wildman–Crippen MR) is 51.0 cm³/mol. The van der Waals surface area contributed by atoms with Crippen LogP contribution in [0.2, 0.25) is 0 Å². The van der Waals surface area contributed by atoms with Gasteiger partial charge in [0, 0.05) is 11.8 Å². The van der Waals surface area contributed by atoms with Crippen molar-refractivity contribution in [3.05, 3.63) is 23.5 Å². The number of carbonyl (C=O) groups is 1. The molecule has 0 spiro atoms. The highest BCUT2D eigenvalue weighted by molar-refractivity contribution is 5.73. The highest BCUT2D eigenvalue weighted by Gasteiger charge is 2.09. The summed E-state index contributed by atoms with van der Waals surface area (Å²) in [6.07, 6.45) is 1.65. The number of ether oxygens (including phenoxy) is 1. The first-order valence-electron chi connectivity index (χ1n) is 4.44. The average Bonchev–Trinajstić information content (AvgIpc) is 2.13. The Bertz CT molecular complexity index is 336. The number of nitrogens with zero attached hydrogens (tertiary/aromatic N) is 1. The van der Waals surface area contributed by atoms with Crippen LogP contribution < -0.4 is 0 Å². The molecule has 4 nitrogen and oxygen atoms in total. The van der Waals surface area contributed by atoms with Crippen LogP contribution in [0.5, 0.6) is 5.75 Å². The van der Waals surface area contributed by atoms with Crippen LogP contribution in [-0.2, 0) is 16.0 Å². The van der Waals surface area contributed by atoms with E-state index in [9.17, 15) is 9.90 Å². The molecular formula is C10H13NO3. The summed E-state index contributed by atoms with van der Waals surface area (Å²) >= 11 is 0. The van der Waals surface area contributed by atoms with Gasteiger partial charge >= 0.3 is 5.97 Å². The maximum atomic E-state index is 11.1. The van der Waals surface area contributed by atoms with Crippen LogP contribution in [0.25, 0.3) is 0 Å². The van der Waals surface area contributed by atoms with Gasteiger partial charge in [0.15, 0.2) is 0 Å². The molecular weight excluding hydrogens is 182 g/mol. The fourth-order valence-corrected chi connectivity index (χ4v) is 1.12. The molecule has 0 radical (unpaired) electrons. The van der Waals surface area contributed by atoms with Crippen molar-refractivity contribution in [3.63, 3.8) is 0 Å². The fourth-order valence-electron chi connectivity index (χ4n) is 1.12. The number of esters is 1. The van der Waals surface area contributed by atoms with Crippen molar-refractivity contribution in [2.75, 3.05) is 6.61 Å². The second-order valence-corrected chi connectivity index (χ2v) is 2.89. The summed E-state index contributed by atoms with van der Waals surface area (Å²) in [6.45, 7) is 3.78. The summed E-state index contributed by atoms with van der Waals surface area (Å²) < 4.78 is 4.77. The Morgan fingerprint density at radius 1 is 1.64 bits per heavy atom. The second kappa shape index (κ2) is 4.60. The Morgan fingerprint density at radius 3 is 3.00 bits per heavy atom. The average molecular weight is 195 g/mol. The van der Waals surface area contributed by atoms with Crippen molar-refractivity contribution in [1.82, 2.24) is 4.98 Å². The topological polar surface area (TPSA) is 59.4 Å². The maximum Gasteiger partial charge on any atom is 0.310 e. The Balaban J connectivity index is 2.76. The lowest BCUT2D eigenvalue weighted by Crippen LogP contribution is -2.08. The standard InChI is InChI=1S/C10H13NO3/c1-3-14-9(12)6-8-4-5-11-7(2)10(8)13/h4-5,13H,3,6H2,1-2H3. The Hall–Kier alpha value is -1.58. The normalized spacial score (nSPS) is 9.86. The van der Waals surface area contributed by atoms with E-state index in [4.69, 9.17) is 4.74 Å². The van der Waals surface area contributed by atoms with Gasteiger partial charge in [-0.05, 0) is 19.9 Å². The van der Waals surface area contributed by atoms with E-state index >= 15 is 0 Å². The van der Waals surface area contributed by atoms with Crippen molar-refractivity contribution >= 4 is 5.97 Å². The van der Waals surface area contributed by atoms with E-state index in [0.717, 1.165) is 0 Å². The molecule has 1 aromatic heterocycles. The third-order valence-corrected chi connectivity index (χ3v) is 1.83. The zero-order valence-corrected chi connectivity index (χ0v) is 8.28. The largest absolute Gasteiger partial charge is 0.506 e. The third kappa shape index (κ3) is 2.45. The fraction of sp³-hybridized carbons (Fsp3) is 0.400. The predicted octanol–water partition coefficient (Wildman–Crippen LogP) is 1.20. The van der Waals surface area contributed by atoms with Crippen LogP contribution in [0.3, 0.4) is 0 Å². The summed E-state index contributed by atoms with van der Waals surface area (Å²) in [6, 6.07) is 1.61. The van der Waals surface area contributed by atoms with Gasteiger partial charge in [-0.1, -0.05) is 0 Å². The molecule has 1 rings (SSSR count). The molecule has 0 aliphatic heterocycles. The van der Waals surface area contributed by atoms with E-state index in [-0.39, 0.29) is 18.1 Å². The van der Waals surface area contributed by atoms with E-state index in [1.165, 1.54) is 0 Å². The van der Waals surface area contributed by atoms with E-state index in [2.05, 4.69) is 4.98 Å². The number of aryl methyl sites for hydroxylation is 1. The minimum atomic E-state index is -0.339. The summed E-state index contributed by atoms with van der Waals surface area (Å²) in [5.41, 5.74) is 1.07. The molecule has 0 aromatic carbocycles. The van der Waals surface area contributed by atoms with Gasteiger partial charge in [0.2, 0.25) is 0 Å². The lowest BCUT2D eigenvalue weighted by molar-refractivity contribution is -0.142. The lowest BCUT2D eigenvalue weighted by Gasteiger charge is -2.05. The number of carbonyl (C=O) groups excluding carboxylic acids is 1. The molecule has 0 fully saturated rings. The van der Waals surface area contributed by atoms with Gasteiger partial charge in [-0.3, -0.25) is 9.78 Å². The van der Waals surface area contributed by atoms with Crippen molar-refractivity contribution in [3.8, 4) is 5.75 Å². The van der Waals surface area contributed by atoms with Crippen molar-refractivity contribution < 1.29 is 14.6 Å². The summed E-state index contributed by atoms with van der Waals surface area (Å²) in [4.78, 5) is 15.0. The van der Waals surface area contributed by atoms with Gasteiger partial charge in [0.1, 0.15) is 5.75 Å². The van der Waals surface area contributed by atoms with Crippen LogP contribution in [0.15, 0.2) is 12.3 Å². The number of pyridine rings is 1. The minimum Gasteiger partial charge on any atom is -0.506 e. The molecule has 0 bridgehead atoms. The molecule has 0 unspecified atom stereocenters. The Morgan fingerprint density at radius 2 is 2.36 bits per heavy atom. The molecule has 1 aromatic rings. The van der Waals surface area contributed by atoms with Gasteiger partial charge in [0.25, 0.3) is 0 Å². The highest BCUT2D eigenvalue weighted by atomic mass is 16.5. The van der Waals surface area contributed by atoms with Gasteiger partial charge in [-0.2, -0.15) is 0 Å². The molecule has 14 heavy (non-hydrogen) atoms. The van der Waals surface area contributed by atoms with Crippen LogP contribution in [-0.4, -0.2) is 22.7 Å². The molecule has 0 aliphatic carbocycles. The third-order valence-electron chi connectivity index (χ3n) is 1.83. The smallest absolute Gasteiger partial charge is 0.310 e. The number of hydrogen-bond donors (Lipinski definition) is 1. The molecule has 0 saturated heterocycles. The van der Waals surface area contributed by atoms with Crippen LogP contribution in [0, 0.1) is 6.92 Å². The van der Waals surface area contributed by atoms with Crippen molar-refractivity contribution in [1.29, 1.82) is 0 Å². The van der Waals surface area contributed by atoms with Gasteiger partial charge in [0.05, 0.1) is 18.7 Å². The van der Waals surface area contributed by atoms with Crippen LogP contribution in [0.4, 0.5) is 0 Å². The number of hydrogen-bond acceptors (Lipinski definition) is 4. The maximum absolute atomic E-state index is 11.1. The molecule has 0 amide bonds. The van der Waals surface area contributed by atoms with E-state index in [1.54, 1.807) is 26.1 Å². The highest BCUT2D eigenvalue weighted by Crippen LogP contribution is 2.19. The Labute approximate surface area is 82.5 Å². The summed E-state index contributed by atoms with van der Waals surface area (Å²) in [5, 5.41) is 9.54. The summed E-state index contributed by atoms with van der Waals surface area (Å²) in [7, 11) is 0. The second-order valence-electron chi connectivity index (χ2n) is 2.89. The molecule has 1 N–H and O–H groups in total. The van der Waals surface area contributed by atoms with Crippen LogP contribution in [0.1, 0.15) is 18.2 Å². The molecule has 0 atom stereocenters. The molecule has 1 heterocycles. The molecule has 76 valence electrons. The molecule has 0 saturated carbocycles. The zero-order valence-electron chi connectivity index (χ0n) is 8.28. The quantitative estimate of drug-likeness (QED) is 0.736. The monoisotopic (exact) mass is 195 g/mol. The number of aromatic nitrogens is 1. The first-order chi connectivity index (χ1) is 6.65. The first-order valence-corrected chi connectivity index (χ1v) is 4.44. The van der Waals surface area contributed by atoms with Gasteiger partial charge in [-0.15, -0.1) is 0 Å². The lowest BCUT2D eigenvalue weighted by atomic mass is 10.1. The molecule has 0 aliphatic rings. The first kappa shape index (κ1) is 10.5. The van der Waals surface area contributed by atoms with E-state index in [1.807, 2.05) is 0 Å². The molecule has 4 heteroatoms. The SMILES string of the molecule is CCOC(=O)Cc1ccnc(C)c1O. The summed E-state index contributed by atoms with van der Waals surface area (Å²) in [5.74, 6) is -0.269. The number of rotatable bonds is 3. The van der Waals surface area contributed by atoms with Gasteiger partial charge < -0.3 is 9.84 Å². The van der Waals surface area contributed by atoms with Crippen molar-refractivity contribution in [2.45, 2.75) is 20.3 Å². The van der Waals surface area contributed by atoms with Gasteiger partial charge in [-0.25, -0.2) is 0 Å². The van der Waals surface area contributed by atoms with E-state index < -0.39 is 0 Å². The Kier molecular flexibility index (Phi) is 3.45. The zero-order chi connectivity index (χ0) is 10.6. The van der Waals surface area contributed by atoms with E-state index in [0.29, 0.717) is 17.9 Å². The number of aromatic hydroxyl groups is 1. The van der Waals surface area contributed by atoms with Crippen molar-refractivity contribution in [2.24, 2.45) is 0 Å². The van der Waals surface area contributed by atoms with Crippen LogP contribution >= 0.6 is 0 Å².